The highest BCUT2D eigenvalue weighted by molar-refractivity contribution is 7.42. The number of allylic oxidation sites excluding steroid dienone is 9. The Labute approximate surface area is 221 Å². The molecule has 1 aromatic rings. The number of nitrogens with one attached hydrogen (secondary N) is 1. The van der Waals surface area contributed by atoms with Gasteiger partial charge in [-0.15, -0.1) is 11.3 Å². The Hall–Kier alpha value is -1.89. The van der Waals surface area contributed by atoms with Crippen LogP contribution in [0.15, 0.2) is 83.0 Å². The van der Waals surface area contributed by atoms with Gasteiger partial charge in [-0.25, -0.2) is 0 Å². The Bertz CT molecular complexity index is 1040. The molecule has 1 aliphatic carbocycles. The fourth-order valence-electron chi connectivity index (χ4n) is 4.28. The van der Waals surface area contributed by atoms with Crippen LogP contribution < -0.4 is 5.32 Å². The molecule has 2 rings (SSSR count). The van der Waals surface area contributed by atoms with Gasteiger partial charge in [0.1, 0.15) is 0 Å². The van der Waals surface area contributed by atoms with E-state index in [0.29, 0.717) is 5.92 Å². The molecule has 2 atom stereocenters. The van der Waals surface area contributed by atoms with Gasteiger partial charge in [0.05, 0.1) is 0 Å². The molecule has 2 unspecified atom stereocenters. The van der Waals surface area contributed by atoms with Crippen LogP contribution in [0.25, 0.3) is 6.08 Å². The van der Waals surface area contributed by atoms with Crippen LogP contribution in [0.3, 0.4) is 0 Å². The molecule has 0 fully saturated rings. The SMILES string of the molecule is C=C(CC)N/C=C/CCC(C)C1=CC(PC)=C(C(=C)/C(C)=C/c2sc(CCCC)cc2C)C(=C)C1. The predicted molar refractivity (Wildman–Crippen MR) is 164 cm³/mol. The lowest BCUT2D eigenvalue weighted by Crippen LogP contribution is -2.09. The third-order valence-electron chi connectivity index (χ3n) is 6.78. The van der Waals surface area contributed by atoms with Crippen molar-refractivity contribution >= 4 is 26.0 Å². The van der Waals surface area contributed by atoms with E-state index < -0.39 is 0 Å². The smallest absolute Gasteiger partial charge is 0.0305 e. The Kier molecular flexibility index (Phi) is 12.3. The highest BCUT2D eigenvalue weighted by atomic mass is 32.1. The molecule has 1 nitrogen and oxygen atoms in total. The van der Waals surface area contributed by atoms with Crippen LogP contribution in [0.4, 0.5) is 0 Å². The van der Waals surface area contributed by atoms with Gasteiger partial charge in [-0.3, -0.25) is 0 Å². The third kappa shape index (κ3) is 8.62. The summed E-state index contributed by atoms with van der Waals surface area (Å²) in [4.78, 5) is 2.86. The topological polar surface area (TPSA) is 12.0 Å². The lowest BCUT2D eigenvalue weighted by molar-refractivity contribution is 0.605. The maximum absolute atomic E-state index is 4.54. The van der Waals surface area contributed by atoms with Crippen molar-refractivity contribution in [3.63, 3.8) is 0 Å². The highest BCUT2D eigenvalue weighted by Crippen LogP contribution is 2.43. The van der Waals surface area contributed by atoms with Gasteiger partial charge in [-0.1, -0.05) is 73.2 Å². The second-order valence-corrected chi connectivity index (χ2v) is 11.9. The van der Waals surface area contributed by atoms with Crippen LogP contribution in [0.5, 0.6) is 0 Å². The van der Waals surface area contributed by atoms with Crippen LogP contribution >= 0.6 is 19.9 Å². The van der Waals surface area contributed by atoms with E-state index in [1.54, 1.807) is 0 Å². The molecule has 1 heterocycles. The van der Waals surface area contributed by atoms with E-state index in [1.807, 2.05) is 17.5 Å². The molecule has 0 saturated heterocycles. The Morgan fingerprint density at radius 1 is 1.29 bits per heavy atom. The molecule has 1 N–H and O–H groups in total. The van der Waals surface area contributed by atoms with Gasteiger partial charge in [0.2, 0.25) is 0 Å². The first-order chi connectivity index (χ1) is 16.7. The molecular formula is C32H46NPS. The van der Waals surface area contributed by atoms with E-state index in [2.05, 4.69) is 90.6 Å². The van der Waals surface area contributed by atoms with Crippen LogP contribution in [-0.2, 0) is 6.42 Å². The van der Waals surface area contributed by atoms with Crippen molar-refractivity contribution < 1.29 is 0 Å². The lowest BCUT2D eigenvalue weighted by Gasteiger charge is -2.27. The molecule has 0 bridgehead atoms. The second-order valence-electron chi connectivity index (χ2n) is 9.69. The third-order valence-corrected chi connectivity index (χ3v) is 8.96. The van der Waals surface area contributed by atoms with E-state index in [1.165, 1.54) is 62.2 Å². The summed E-state index contributed by atoms with van der Waals surface area (Å²) >= 11 is 1.94. The number of hydrogen-bond donors (Lipinski definition) is 1. The molecule has 0 radical (unpaired) electrons. The Balaban J connectivity index is 2.16. The van der Waals surface area contributed by atoms with Gasteiger partial charge < -0.3 is 5.32 Å². The van der Waals surface area contributed by atoms with Gasteiger partial charge >= 0.3 is 0 Å². The molecule has 0 spiro atoms. The Morgan fingerprint density at radius 2 is 2.03 bits per heavy atom. The average molecular weight is 508 g/mol. The summed E-state index contributed by atoms with van der Waals surface area (Å²) in [6, 6.07) is 2.36. The van der Waals surface area contributed by atoms with E-state index in [0.717, 1.165) is 45.5 Å². The van der Waals surface area contributed by atoms with Crippen LogP contribution in [0.1, 0.15) is 81.5 Å². The van der Waals surface area contributed by atoms with Gasteiger partial charge in [-0.05, 0) is 116 Å². The summed E-state index contributed by atoms with van der Waals surface area (Å²) in [6.45, 7) is 26.5. The molecule has 0 aliphatic heterocycles. The molecule has 35 heavy (non-hydrogen) atoms. The first kappa shape index (κ1) is 29.3. The van der Waals surface area contributed by atoms with Crippen LogP contribution in [0, 0.1) is 12.8 Å². The first-order valence-electron chi connectivity index (χ1n) is 13.1. The molecule has 0 amide bonds. The zero-order chi connectivity index (χ0) is 26.0. The van der Waals surface area contributed by atoms with Crippen molar-refractivity contribution in [1.29, 1.82) is 0 Å². The van der Waals surface area contributed by atoms with E-state index in [9.17, 15) is 0 Å². The van der Waals surface area contributed by atoms with Gasteiger partial charge in [0, 0.05) is 15.5 Å². The van der Waals surface area contributed by atoms with Gasteiger partial charge in [0.15, 0.2) is 0 Å². The lowest BCUT2D eigenvalue weighted by atomic mass is 9.82. The predicted octanol–water partition coefficient (Wildman–Crippen LogP) is 10.3. The molecule has 1 aromatic heterocycles. The number of hydrogen-bond acceptors (Lipinski definition) is 2. The first-order valence-corrected chi connectivity index (χ1v) is 15.4. The molecular weight excluding hydrogens is 461 g/mol. The van der Waals surface area contributed by atoms with Crippen LogP contribution in [0.2, 0.25) is 0 Å². The number of rotatable bonds is 14. The van der Waals surface area contributed by atoms with E-state index in [-0.39, 0.29) is 0 Å². The van der Waals surface area contributed by atoms with Gasteiger partial charge in [-0.2, -0.15) is 0 Å². The summed E-state index contributed by atoms with van der Waals surface area (Å²) in [5, 5.41) is 4.65. The monoisotopic (exact) mass is 507 g/mol. The standard InChI is InChI=1S/C32H46NPS/c1-10-12-16-29-19-24(5)31(35-29)20-23(4)27(8)32-25(6)18-28(21-30(32)34-9)22(3)15-13-14-17-33-26(7)11-2/h14,17,19-22,33-34H,6-8,10-13,15-16,18H2,1-5,9H3/b17-14+,23-20+. The normalized spacial score (nSPS) is 15.9. The zero-order valence-electron chi connectivity index (χ0n) is 22.9. The highest BCUT2D eigenvalue weighted by Gasteiger charge is 2.22. The summed E-state index contributed by atoms with van der Waals surface area (Å²) in [5.41, 5.74) is 8.84. The largest absolute Gasteiger partial charge is 0.366 e. The zero-order valence-corrected chi connectivity index (χ0v) is 24.8. The van der Waals surface area contributed by atoms with Crippen molar-refractivity contribution in [3.8, 4) is 0 Å². The molecule has 0 aromatic carbocycles. The van der Waals surface area contributed by atoms with Gasteiger partial charge in [0.25, 0.3) is 0 Å². The second kappa shape index (κ2) is 14.6. The molecule has 0 saturated carbocycles. The fourth-order valence-corrected chi connectivity index (χ4v) is 6.41. The number of thiophene rings is 1. The summed E-state index contributed by atoms with van der Waals surface area (Å²) in [5.74, 6) is 0.541. The van der Waals surface area contributed by atoms with Crippen molar-refractivity contribution in [1.82, 2.24) is 5.32 Å². The minimum absolute atomic E-state index is 0.541. The average Bonchev–Trinajstić information content (AvgIpc) is 3.19. The fraction of sp³-hybridized carbons (Fsp3) is 0.438. The van der Waals surface area contributed by atoms with E-state index in [4.69, 9.17) is 0 Å². The van der Waals surface area contributed by atoms with E-state index >= 15 is 0 Å². The molecule has 3 heteroatoms. The molecule has 190 valence electrons. The van der Waals surface area contributed by atoms with Crippen molar-refractivity contribution in [2.24, 2.45) is 5.92 Å². The summed E-state index contributed by atoms with van der Waals surface area (Å²) < 4.78 is 0. The minimum Gasteiger partial charge on any atom is -0.366 e. The molecule has 1 aliphatic rings. The van der Waals surface area contributed by atoms with Crippen LogP contribution in [-0.4, -0.2) is 6.66 Å². The maximum atomic E-state index is 4.54. The van der Waals surface area contributed by atoms with Crippen molar-refractivity contribution in [3.05, 3.63) is 98.3 Å². The summed E-state index contributed by atoms with van der Waals surface area (Å²) in [6.07, 6.45) is 16.8. The Morgan fingerprint density at radius 3 is 2.69 bits per heavy atom. The quantitative estimate of drug-likeness (QED) is 0.195. The minimum atomic E-state index is 0.541. The van der Waals surface area contributed by atoms with Crippen molar-refractivity contribution in [2.45, 2.75) is 79.6 Å². The maximum Gasteiger partial charge on any atom is 0.0305 e. The number of unbranched alkanes of at least 4 members (excludes halogenated alkanes) is 1. The van der Waals surface area contributed by atoms with Crippen molar-refractivity contribution in [2.75, 3.05) is 6.66 Å². The number of aryl methyl sites for hydroxylation is 2. The summed E-state index contributed by atoms with van der Waals surface area (Å²) in [7, 11) is 0.729.